The molecular weight excluding hydrogens is 434 g/mol. The third-order valence-corrected chi connectivity index (χ3v) is 6.13. The summed E-state index contributed by atoms with van der Waals surface area (Å²) in [6.45, 7) is 2.83. The maximum absolute atomic E-state index is 12.8. The molecule has 8 nitrogen and oxygen atoms in total. The molecule has 180 valence electrons. The fourth-order valence-corrected chi connectivity index (χ4v) is 4.28. The molecule has 2 aliphatic rings. The lowest BCUT2D eigenvalue weighted by molar-refractivity contribution is -0.145. The third-order valence-electron chi connectivity index (χ3n) is 6.13. The molecule has 1 unspecified atom stereocenters. The van der Waals surface area contributed by atoms with E-state index in [1.807, 2.05) is 29.3 Å². The van der Waals surface area contributed by atoms with Crippen LogP contribution in [0.4, 0.5) is 5.69 Å². The second-order valence-corrected chi connectivity index (χ2v) is 8.63. The number of rotatable bonds is 8. The monoisotopic (exact) mass is 465 g/mol. The quantitative estimate of drug-likeness (QED) is 0.459. The first-order valence-corrected chi connectivity index (χ1v) is 11.8. The first-order valence-electron chi connectivity index (χ1n) is 11.8. The van der Waals surface area contributed by atoms with Crippen molar-refractivity contribution in [3.05, 3.63) is 64.7 Å². The first-order chi connectivity index (χ1) is 16.6. The van der Waals surface area contributed by atoms with Gasteiger partial charge in [-0.15, -0.1) is 0 Å². The first kappa shape index (κ1) is 23.9. The summed E-state index contributed by atoms with van der Waals surface area (Å²) in [5.41, 5.74) is 4.65. The topological polar surface area (TPSA) is 100 Å². The number of esters is 1. The standard InChI is InChI=1S/C26H31N3O5/c30-11-14-34-25(31)16-20-3-4-21-7-8-24(17-23(21)15-20)28-26(32)22-5-1-19(2-6-22)18-27-29-9-12-33-13-10-29/h1-2,5-8,17-18,20,30H,3-4,9-16H2,(H,28,32)/b27-18+. The number of nitrogens with one attached hydrogen (secondary N) is 1. The zero-order valence-corrected chi connectivity index (χ0v) is 19.2. The Labute approximate surface area is 199 Å². The van der Waals surface area contributed by atoms with Gasteiger partial charge in [0.15, 0.2) is 0 Å². The number of aryl methyl sites for hydroxylation is 1. The van der Waals surface area contributed by atoms with Gasteiger partial charge in [0.05, 0.1) is 39.1 Å². The smallest absolute Gasteiger partial charge is 0.306 e. The van der Waals surface area contributed by atoms with E-state index in [0.717, 1.165) is 49.2 Å². The van der Waals surface area contributed by atoms with Crippen molar-refractivity contribution in [1.29, 1.82) is 0 Å². The number of nitrogens with zero attached hydrogens (tertiary/aromatic N) is 2. The summed E-state index contributed by atoms with van der Waals surface area (Å²) in [7, 11) is 0. The maximum Gasteiger partial charge on any atom is 0.306 e. The van der Waals surface area contributed by atoms with Crippen LogP contribution in [0.3, 0.4) is 0 Å². The molecule has 2 aromatic carbocycles. The number of ether oxygens (including phenoxy) is 2. The highest BCUT2D eigenvalue weighted by Crippen LogP contribution is 2.30. The summed E-state index contributed by atoms with van der Waals surface area (Å²) in [6, 6.07) is 13.3. The highest BCUT2D eigenvalue weighted by Gasteiger charge is 2.22. The molecule has 1 fully saturated rings. The van der Waals surface area contributed by atoms with E-state index < -0.39 is 0 Å². The molecular formula is C26H31N3O5. The predicted octanol–water partition coefficient (Wildman–Crippen LogP) is 2.64. The van der Waals surface area contributed by atoms with Crippen LogP contribution in [0, 0.1) is 5.92 Å². The lowest BCUT2D eigenvalue weighted by Crippen LogP contribution is -2.32. The normalized spacial score (nSPS) is 17.9. The van der Waals surface area contributed by atoms with Crippen molar-refractivity contribution in [3.63, 3.8) is 0 Å². The predicted molar refractivity (Wildman–Crippen MR) is 129 cm³/mol. The van der Waals surface area contributed by atoms with E-state index in [1.54, 1.807) is 18.3 Å². The molecule has 34 heavy (non-hydrogen) atoms. The maximum atomic E-state index is 12.8. The summed E-state index contributed by atoms with van der Waals surface area (Å²) in [6.07, 6.45) is 4.73. The van der Waals surface area contributed by atoms with Gasteiger partial charge in [0, 0.05) is 17.7 Å². The number of aliphatic hydroxyl groups is 1. The number of fused-ring (bicyclic) bond motifs is 1. The average molecular weight is 466 g/mol. The van der Waals surface area contributed by atoms with Crippen molar-refractivity contribution in [2.75, 3.05) is 44.8 Å². The van der Waals surface area contributed by atoms with E-state index >= 15 is 0 Å². The molecule has 1 atom stereocenters. The number of hydrazone groups is 1. The van der Waals surface area contributed by atoms with Crippen molar-refractivity contribution in [2.45, 2.75) is 25.7 Å². The van der Waals surface area contributed by atoms with Crippen LogP contribution in [0.2, 0.25) is 0 Å². The van der Waals surface area contributed by atoms with Crippen LogP contribution in [0.1, 0.15) is 39.9 Å². The van der Waals surface area contributed by atoms with E-state index in [2.05, 4.69) is 16.5 Å². The van der Waals surface area contributed by atoms with E-state index in [0.29, 0.717) is 25.2 Å². The molecule has 1 aliphatic carbocycles. The molecule has 0 spiro atoms. The summed E-state index contributed by atoms with van der Waals surface area (Å²) < 4.78 is 10.3. The number of hydrogen-bond donors (Lipinski definition) is 2. The molecule has 2 aromatic rings. The lowest BCUT2D eigenvalue weighted by Gasteiger charge is -2.24. The average Bonchev–Trinajstić information content (AvgIpc) is 2.87. The number of carbonyl (C=O) groups is 2. The minimum atomic E-state index is -0.273. The largest absolute Gasteiger partial charge is 0.463 e. The number of aliphatic hydroxyl groups excluding tert-OH is 1. The SMILES string of the molecule is O=C(CC1CCc2ccc(NC(=O)c3ccc(/C=N/N4CCOCC4)cc3)cc2C1)OCCO. The van der Waals surface area contributed by atoms with Gasteiger partial charge >= 0.3 is 5.97 Å². The Balaban J connectivity index is 1.33. The van der Waals surface area contributed by atoms with Crippen molar-refractivity contribution < 1.29 is 24.2 Å². The highest BCUT2D eigenvalue weighted by atomic mass is 16.5. The molecule has 1 aliphatic heterocycles. The molecule has 8 heteroatoms. The molecule has 0 bridgehead atoms. The second-order valence-electron chi connectivity index (χ2n) is 8.63. The third kappa shape index (κ3) is 6.65. The van der Waals surface area contributed by atoms with Crippen LogP contribution in [0.15, 0.2) is 47.6 Å². The molecule has 0 radical (unpaired) electrons. The minimum absolute atomic E-state index is 0.0416. The minimum Gasteiger partial charge on any atom is -0.463 e. The Kier molecular flexibility index (Phi) is 8.27. The van der Waals surface area contributed by atoms with Gasteiger partial charge in [0.25, 0.3) is 5.91 Å². The molecule has 1 heterocycles. The van der Waals surface area contributed by atoms with Crippen molar-refractivity contribution >= 4 is 23.8 Å². The number of benzene rings is 2. The van der Waals surface area contributed by atoms with Crippen LogP contribution in [0.25, 0.3) is 0 Å². The van der Waals surface area contributed by atoms with Crippen LogP contribution < -0.4 is 5.32 Å². The summed E-state index contributed by atoms with van der Waals surface area (Å²) in [5, 5.41) is 18.2. The fraction of sp³-hybridized carbons (Fsp3) is 0.423. The fourth-order valence-electron chi connectivity index (χ4n) is 4.28. The highest BCUT2D eigenvalue weighted by molar-refractivity contribution is 6.04. The Morgan fingerprint density at radius 3 is 2.71 bits per heavy atom. The number of hydrogen-bond acceptors (Lipinski definition) is 7. The van der Waals surface area contributed by atoms with Gasteiger partial charge in [-0.25, -0.2) is 0 Å². The van der Waals surface area contributed by atoms with Gasteiger partial charge in [-0.1, -0.05) is 18.2 Å². The molecule has 2 N–H and O–H groups in total. The van der Waals surface area contributed by atoms with Gasteiger partial charge in [-0.3, -0.25) is 14.6 Å². The van der Waals surface area contributed by atoms with Gasteiger partial charge in [-0.05, 0) is 66.1 Å². The summed E-state index contributed by atoms with van der Waals surface area (Å²) in [4.78, 5) is 24.7. The lowest BCUT2D eigenvalue weighted by atomic mass is 9.82. The second kappa shape index (κ2) is 11.8. The number of amides is 1. The van der Waals surface area contributed by atoms with Crippen LogP contribution in [-0.2, 0) is 27.1 Å². The van der Waals surface area contributed by atoms with Gasteiger partial charge in [-0.2, -0.15) is 5.10 Å². The van der Waals surface area contributed by atoms with E-state index in [-0.39, 0.29) is 31.0 Å². The Morgan fingerprint density at radius 2 is 1.94 bits per heavy atom. The van der Waals surface area contributed by atoms with Gasteiger partial charge in [0.1, 0.15) is 6.61 Å². The van der Waals surface area contributed by atoms with Crippen molar-refractivity contribution in [1.82, 2.24) is 5.01 Å². The van der Waals surface area contributed by atoms with Crippen molar-refractivity contribution in [3.8, 4) is 0 Å². The number of anilines is 1. The van der Waals surface area contributed by atoms with E-state index in [9.17, 15) is 9.59 Å². The Morgan fingerprint density at radius 1 is 1.15 bits per heavy atom. The Hall–Kier alpha value is -3.23. The van der Waals surface area contributed by atoms with Gasteiger partial charge in [0.2, 0.25) is 0 Å². The number of morpholine rings is 1. The molecule has 4 rings (SSSR count). The van der Waals surface area contributed by atoms with Crippen LogP contribution >= 0.6 is 0 Å². The van der Waals surface area contributed by atoms with Crippen molar-refractivity contribution in [2.24, 2.45) is 11.0 Å². The molecule has 0 aromatic heterocycles. The number of carbonyl (C=O) groups excluding carboxylic acids is 2. The zero-order valence-electron chi connectivity index (χ0n) is 19.2. The zero-order chi connectivity index (χ0) is 23.8. The molecule has 1 amide bonds. The van der Waals surface area contributed by atoms with E-state index in [1.165, 1.54) is 5.56 Å². The van der Waals surface area contributed by atoms with E-state index in [4.69, 9.17) is 14.6 Å². The summed E-state index contributed by atoms with van der Waals surface area (Å²) in [5.74, 6) is -0.238. The Bertz CT molecular complexity index is 1020. The van der Waals surface area contributed by atoms with Gasteiger partial charge < -0.3 is 19.9 Å². The molecule has 1 saturated heterocycles. The molecule has 0 saturated carbocycles. The van der Waals surface area contributed by atoms with Crippen LogP contribution in [-0.4, -0.2) is 67.7 Å². The van der Waals surface area contributed by atoms with Crippen LogP contribution in [0.5, 0.6) is 0 Å². The summed E-state index contributed by atoms with van der Waals surface area (Å²) >= 11 is 0.